The minimum Gasteiger partial charge on any atom is -0.485 e. The molecule has 4 rings (SSSR count). The Morgan fingerprint density at radius 3 is 2.79 bits per heavy atom. The van der Waals surface area contributed by atoms with Gasteiger partial charge in [-0.2, -0.15) is 4.98 Å². The number of hydrogen-bond donors (Lipinski definition) is 0. The Morgan fingerprint density at radius 2 is 2.00 bits per heavy atom. The normalized spacial score (nSPS) is 15.9. The van der Waals surface area contributed by atoms with Crippen LogP contribution in [0.2, 0.25) is 0 Å². The highest BCUT2D eigenvalue weighted by Gasteiger charge is 2.33. The van der Waals surface area contributed by atoms with Gasteiger partial charge in [-0.1, -0.05) is 23.4 Å². The van der Waals surface area contributed by atoms with Crippen molar-refractivity contribution in [1.82, 2.24) is 15.0 Å². The van der Waals surface area contributed by atoms with Gasteiger partial charge in [-0.3, -0.25) is 9.69 Å². The standard InChI is InChI=1S/C20H18F2N4O3/c1-25(2)10-12-11-26(15-8-3-4-9-16(15)28-12)20(27)18-23-19(29-24-18)13-6-5-7-14(21)17(13)22/h3-9,12H,10-11H2,1-2H3. The molecule has 1 aliphatic heterocycles. The second-order valence-electron chi connectivity index (χ2n) is 6.91. The molecule has 1 aliphatic rings. The zero-order chi connectivity index (χ0) is 20.5. The van der Waals surface area contributed by atoms with Crippen LogP contribution in [-0.4, -0.2) is 54.2 Å². The first kappa shape index (κ1) is 19.0. The number of halogens is 2. The first-order valence-corrected chi connectivity index (χ1v) is 8.94. The number of likely N-dealkylation sites (N-methyl/N-ethyl adjacent to an activating group) is 1. The molecule has 0 aliphatic carbocycles. The molecule has 0 saturated carbocycles. The Balaban J connectivity index is 1.65. The smallest absolute Gasteiger partial charge is 0.299 e. The second-order valence-corrected chi connectivity index (χ2v) is 6.91. The second kappa shape index (κ2) is 7.59. The van der Waals surface area contributed by atoms with Gasteiger partial charge in [0.2, 0.25) is 0 Å². The van der Waals surface area contributed by atoms with Crippen LogP contribution < -0.4 is 9.64 Å². The predicted octanol–water partition coefficient (Wildman–Crippen LogP) is 2.98. The van der Waals surface area contributed by atoms with E-state index < -0.39 is 17.5 Å². The summed E-state index contributed by atoms with van der Waals surface area (Å²) in [4.78, 5) is 20.5. The first-order chi connectivity index (χ1) is 13.9. The maximum atomic E-state index is 14.0. The van der Waals surface area contributed by atoms with Crippen molar-refractivity contribution in [3.8, 4) is 17.2 Å². The van der Waals surface area contributed by atoms with E-state index in [0.29, 0.717) is 18.0 Å². The fraction of sp³-hybridized carbons (Fsp3) is 0.250. The summed E-state index contributed by atoms with van der Waals surface area (Å²) in [6.07, 6.45) is -0.254. The number of rotatable bonds is 4. The van der Waals surface area contributed by atoms with Gasteiger partial charge >= 0.3 is 0 Å². The molecule has 9 heteroatoms. The van der Waals surface area contributed by atoms with Crippen molar-refractivity contribution >= 4 is 11.6 Å². The van der Waals surface area contributed by atoms with E-state index in [-0.39, 0.29) is 29.9 Å². The van der Waals surface area contributed by atoms with Gasteiger partial charge in [-0.05, 0) is 38.4 Å². The van der Waals surface area contributed by atoms with Crippen LogP contribution in [0, 0.1) is 11.6 Å². The van der Waals surface area contributed by atoms with Crippen molar-refractivity contribution in [3.63, 3.8) is 0 Å². The van der Waals surface area contributed by atoms with Crippen LogP contribution in [-0.2, 0) is 0 Å². The van der Waals surface area contributed by atoms with Crippen LogP contribution in [0.4, 0.5) is 14.5 Å². The SMILES string of the molecule is CN(C)CC1CN(C(=O)c2noc(-c3cccc(F)c3F)n2)c2ccccc2O1. The van der Waals surface area contributed by atoms with Crippen molar-refractivity contribution in [2.45, 2.75) is 6.10 Å². The molecule has 0 fully saturated rings. The summed E-state index contributed by atoms with van der Waals surface area (Å²) in [6.45, 7) is 0.885. The number of anilines is 1. The zero-order valence-corrected chi connectivity index (χ0v) is 15.8. The monoisotopic (exact) mass is 400 g/mol. The molecular weight excluding hydrogens is 382 g/mol. The number of amides is 1. The van der Waals surface area contributed by atoms with E-state index in [1.807, 2.05) is 25.1 Å². The predicted molar refractivity (Wildman–Crippen MR) is 101 cm³/mol. The molecule has 2 heterocycles. The Bertz CT molecular complexity index is 1050. The fourth-order valence-electron chi connectivity index (χ4n) is 3.20. The lowest BCUT2D eigenvalue weighted by atomic mass is 10.1. The van der Waals surface area contributed by atoms with E-state index in [0.717, 1.165) is 6.07 Å². The van der Waals surface area contributed by atoms with Gasteiger partial charge in [-0.25, -0.2) is 8.78 Å². The summed E-state index contributed by atoms with van der Waals surface area (Å²) in [5.74, 6) is -2.61. The minimum atomic E-state index is -1.11. The van der Waals surface area contributed by atoms with Gasteiger partial charge in [0.1, 0.15) is 11.9 Å². The largest absolute Gasteiger partial charge is 0.485 e. The molecule has 1 aromatic heterocycles. The molecule has 0 radical (unpaired) electrons. The van der Waals surface area contributed by atoms with Crippen molar-refractivity contribution in [2.24, 2.45) is 0 Å². The Morgan fingerprint density at radius 1 is 1.21 bits per heavy atom. The summed E-state index contributed by atoms with van der Waals surface area (Å²) in [5.41, 5.74) is 0.375. The summed E-state index contributed by atoms with van der Waals surface area (Å²) < 4.78 is 38.5. The Kier molecular flexibility index (Phi) is 4.98. The number of carbonyl (C=O) groups is 1. The number of nitrogens with zero attached hydrogens (tertiary/aromatic N) is 4. The number of aromatic nitrogens is 2. The quantitative estimate of drug-likeness (QED) is 0.671. The van der Waals surface area contributed by atoms with Crippen LogP contribution >= 0.6 is 0 Å². The summed E-state index contributed by atoms with van der Waals surface area (Å²) >= 11 is 0. The molecule has 150 valence electrons. The molecule has 0 spiro atoms. The van der Waals surface area contributed by atoms with Crippen molar-refractivity contribution in [2.75, 3.05) is 32.1 Å². The van der Waals surface area contributed by atoms with E-state index in [4.69, 9.17) is 9.26 Å². The van der Waals surface area contributed by atoms with E-state index in [1.165, 1.54) is 17.0 Å². The summed E-state index contributed by atoms with van der Waals surface area (Å²) in [5, 5.41) is 3.68. The summed E-state index contributed by atoms with van der Waals surface area (Å²) in [6, 6.07) is 10.8. The molecular formula is C20H18F2N4O3. The third kappa shape index (κ3) is 3.68. The molecule has 7 nitrogen and oxygen atoms in total. The molecule has 1 atom stereocenters. The highest BCUT2D eigenvalue weighted by atomic mass is 19.2. The van der Waals surface area contributed by atoms with E-state index in [1.54, 1.807) is 18.2 Å². The van der Waals surface area contributed by atoms with Gasteiger partial charge < -0.3 is 14.2 Å². The maximum Gasteiger partial charge on any atom is 0.299 e. The zero-order valence-electron chi connectivity index (χ0n) is 15.8. The van der Waals surface area contributed by atoms with Gasteiger partial charge in [0.15, 0.2) is 11.6 Å². The Labute approximate surface area is 165 Å². The van der Waals surface area contributed by atoms with Gasteiger partial charge in [0.25, 0.3) is 17.6 Å². The van der Waals surface area contributed by atoms with Crippen LogP contribution in [0.25, 0.3) is 11.5 Å². The lowest BCUT2D eigenvalue weighted by molar-refractivity contribution is 0.0928. The van der Waals surface area contributed by atoms with Crippen LogP contribution in [0.3, 0.4) is 0 Å². The highest BCUT2D eigenvalue weighted by molar-refractivity contribution is 6.04. The lowest BCUT2D eigenvalue weighted by Gasteiger charge is -2.35. The van der Waals surface area contributed by atoms with Crippen LogP contribution in [0.1, 0.15) is 10.6 Å². The molecule has 1 amide bonds. The average Bonchev–Trinajstić information content (AvgIpc) is 3.18. The summed E-state index contributed by atoms with van der Waals surface area (Å²) in [7, 11) is 3.82. The van der Waals surface area contributed by atoms with Gasteiger partial charge in [0.05, 0.1) is 17.8 Å². The first-order valence-electron chi connectivity index (χ1n) is 8.94. The number of benzene rings is 2. The number of ether oxygens (including phenoxy) is 1. The van der Waals surface area contributed by atoms with Crippen molar-refractivity contribution in [1.29, 1.82) is 0 Å². The van der Waals surface area contributed by atoms with Crippen molar-refractivity contribution < 1.29 is 22.8 Å². The molecule has 2 aromatic carbocycles. The van der Waals surface area contributed by atoms with Crippen molar-refractivity contribution in [3.05, 3.63) is 59.9 Å². The molecule has 1 unspecified atom stereocenters. The third-order valence-corrected chi connectivity index (χ3v) is 4.45. The fourth-order valence-corrected chi connectivity index (χ4v) is 3.20. The Hall–Kier alpha value is -3.33. The molecule has 0 N–H and O–H groups in total. The number of para-hydroxylation sites is 2. The molecule has 29 heavy (non-hydrogen) atoms. The minimum absolute atomic E-state index is 0.204. The van der Waals surface area contributed by atoms with Gasteiger partial charge in [-0.15, -0.1) is 0 Å². The highest BCUT2D eigenvalue weighted by Crippen LogP contribution is 2.34. The lowest BCUT2D eigenvalue weighted by Crippen LogP contribution is -2.47. The maximum absolute atomic E-state index is 14.0. The number of hydrogen-bond acceptors (Lipinski definition) is 6. The number of fused-ring (bicyclic) bond motifs is 1. The van der Waals surface area contributed by atoms with Crippen LogP contribution in [0.5, 0.6) is 5.75 Å². The topological polar surface area (TPSA) is 71.7 Å². The van der Waals surface area contributed by atoms with E-state index in [2.05, 4.69) is 10.1 Å². The third-order valence-electron chi connectivity index (χ3n) is 4.45. The van der Waals surface area contributed by atoms with Crippen LogP contribution in [0.15, 0.2) is 47.0 Å². The molecule has 0 saturated heterocycles. The van der Waals surface area contributed by atoms with E-state index >= 15 is 0 Å². The van der Waals surface area contributed by atoms with E-state index in [9.17, 15) is 13.6 Å². The number of carbonyl (C=O) groups excluding carboxylic acids is 1. The van der Waals surface area contributed by atoms with Gasteiger partial charge in [0, 0.05) is 6.54 Å². The average molecular weight is 400 g/mol. The molecule has 3 aromatic rings. The molecule has 0 bridgehead atoms.